The van der Waals surface area contributed by atoms with E-state index in [4.69, 9.17) is 14.5 Å². The van der Waals surface area contributed by atoms with Gasteiger partial charge in [-0.25, -0.2) is 4.98 Å². The number of hydrogen-bond acceptors (Lipinski definition) is 6. The van der Waals surface area contributed by atoms with Crippen LogP contribution in [0.3, 0.4) is 0 Å². The average Bonchev–Trinajstić information content (AvgIpc) is 3.33. The monoisotopic (exact) mass is 486 g/mol. The fourth-order valence-corrected chi connectivity index (χ4v) is 5.47. The van der Waals surface area contributed by atoms with Gasteiger partial charge in [0.05, 0.1) is 31.2 Å². The molecule has 0 amide bonds. The number of aromatic nitrogens is 2. The summed E-state index contributed by atoms with van der Waals surface area (Å²) in [5.41, 5.74) is 3.44. The molecule has 2 heterocycles. The number of carbonyl (C=O) groups excluding carboxylic acids is 1. The van der Waals surface area contributed by atoms with E-state index in [1.165, 1.54) is 11.3 Å². The summed E-state index contributed by atoms with van der Waals surface area (Å²) in [6.45, 7) is 4.10. The standard InChI is InChI=1S/C28H26N2O4S/c1-28(2)14-23-19(24(31)15-28)13-20(26-29-21(16-35-26)17-8-6-5-7-9-17)27(32)30(23)22-12-18(33-3)10-11-25(22)34-4/h5-13,16H,14-15H2,1-4H3. The van der Waals surface area contributed by atoms with Gasteiger partial charge in [0.2, 0.25) is 0 Å². The van der Waals surface area contributed by atoms with Crippen molar-refractivity contribution >= 4 is 17.1 Å². The molecule has 0 N–H and O–H groups in total. The molecule has 0 fully saturated rings. The highest BCUT2D eigenvalue weighted by molar-refractivity contribution is 7.13. The first-order valence-electron chi connectivity index (χ1n) is 11.4. The van der Waals surface area contributed by atoms with Crippen LogP contribution < -0.4 is 15.0 Å². The lowest BCUT2D eigenvalue weighted by molar-refractivity contribution is 0.0909. The molecule has 0 unspecified atom stereocenters. The Balaban J connectivity index is 1.79. The molecule has 0 spiro atoms. The lowest BCUT2D eigenvalue weighted by Crippen LogP contribution is -2.35. The third-order valence-corrected chi connectivity index (χ3v) is 7.20. The van der Waals surface area contributed by atoms with Gasteiger partial charge in [0.15, 0.2) is 5.78 Å². The summed E-state index contributed by atoms with van der Waals surface area (Å²) >= 11 is 1.39. The van der Waals surface area contributed by atoms with Gasteiger partial charge in [-0.2, -0.15) is 0 Å². The van der Waals surface area contributed by atoms with Gasteiger partial charge in [-0.3, -0.25) is 14.2 Å². The Morgan fingerprint density at radius 1 is 0.943 bits per heavy atom. The number of ketones is 1. The minimum Gasteiger partial charge on any atom is -0.497 e. The number of fused-ring (bicyclic) bond motifs is 1. The van der Waals surface area contributed by atoms with Crippen LogP contribution in [0.5, 0.6) is 11.5 Å². The second-order valence-corrected chi connectivity index (χ2v) is 10.3. The molecular weight excluding hydrogens is 460 g/mol. The molecule has 0 radical (unpaired) electrons. The summed E-state index contributed by atoms with van der Waals surface area (Å²) in [5, 5.41) is 2.51. The third kappa shape index (κ3) is 4.17. The molecule has 0 bridgehead atoms. The summed E-state index contributed by atoms with van der Waals surface area (Å²) < 4.78 is 12.7. The smallest absolute Gasteiger partial charge is 0.265 e. The molecule has 35 heavy (non-hydrogen) atoms. The summed E-state index contributed by atoms with van der Waals surface area (Å²) in [4.78, 5) is 32.2. The van der Waals surface area contributed by atoms with Gasteiger partial charge < -0.3 is 9.47 Å². The van der Waals surface area contributed by atoms with Crippen LogP contribution in [0.15, 0.2) is 64.8 Å². The first kappa shape index (κ1) is 23.1. The topological polar surface area (TPSA) is 70.4 Å². The van der Waals surface area contributed by atoms with Crippen LogP contribution in [-0.4, -0.2) is 29.6 Å². The van der Waals surface area contributed by atoms with E-state index in [1.807, 2.05) is 49.6 Å². The number of thiazole rings is 1. The van der Waals surface area contributed by atoms with E-state index in [9.17, 15) is 9.59 Å². The molecule has 1 aliphatic rings. The molecule has 6 nitrogen and oxygen atoms in total. The van der Waals surface area contributed by atoms with Crippen LogP contribution in [0.1, 0.15) is 36.3 Å². The quantitative estimate of drug-likeness (QED) is 0.357. The second-order valence-electron chi connectivity index (χ2n) is 9.44. The molecule has 0 aliphatic heterocycles. The van der Waals surface area contributed by atoms with E-state index in [0.29, 0.717) is 51.9 Å². The number of carbonyl (C=O) groups is 1. The Kier molecular flexibility index (Phi) is 5.81. The van der Waals surface area contributed by atoms with E-state index in [-0.39, 0.29) is 16.8 Å². The molecule has 0 atom stereocenters. The zero-order valence-corrected chi connectivity index (χ0v) is 20.9. The minimum absolute atomic E-state index is 0.0213. The number of Topliss-reactive ketones (excluding diaryl/α,β-unsaturated/α-hetero) is 1. The number of ether oxygens (including phenoxy) is 2. The zero-order valence-electron chi connectivity index (χ0n) is 20.1. The molecule has 2 aromatic heterocycles. The zero-order chi connectivity index (χ0) is 24.7. The number of hydrogen-bond donors (Lipinski definition) is 0. The summed E-state index contributed by atoms with van der Waals surface area (Å²) in [7, 11) is 3.14. The highest BCUT2D eigenvalue weighted by Gasteiger charge is 2.35. The first-order valence-corrected chi connectivity index (χ1v) is 12.2. The van der Waals surface area contributed by atoms with Crippen LogP contribution in [-0.2, 0) is 6.42 Å². The van der Waals surface area contributed by atoms with E-state index in [2.05, 4.69) is 0 Å². The van der Waals surface area contributed by atoms with Crippen molar-refractivity contribution in [2.75, 3.05) is 14.2 Å². The predicted octanol–water partition coefficient (Wildman–Crippen LogP) is 5.80. The fraction of sp³-hybridized carbons (Fsp3) is 0.250. The van der Waals surface area contributed by atoms with Crippen molar-refractivity contribution in [1.29, 1.82) is 0 Å². The van der Waals surface area contributed by atoms with Gasteiger partial charge in [0.25, 0.3) is 5.56 Å². The van der Waals surface area contributed by atoms with E-state index >= 15 is 0 Å². The fourth-order valence-electron chi connectivity index (χ4n) is 4.63. The number of rotatable bonds is 5. The van der Waals surface area contributed by atoms with Crippen molar-refractivity contribution in [2.45, 2.75) is 26.7 Å². The molecule has 5 rings (SSSR count). The van der Waals surface area contributed by atoms with E-state index < -0.39 is 0 Å². The van der Waals surface area contributed by atoms with E-state index in [0.717, 1.165) is 11.3 Å². The van der Waals surface area contributed by atoms with Gasteiger partial charge in [-0.15, -0.1) is 11.3 Å². The van der Waals surface area contributed by atoms with Crippen LogP contribution in [0, 0.1) is 5.41 Å². The minimum atomic E-state index is -0.270. The average molecular weight is 487 g/mol. The van der Waals surface area contributed by atoms with Gasteiger partial charge in [-0.1, -0.05) is 44.2 Å². The van der Waals surface area contributed by atoms with Gasteiger partial charge >= 0.3 is 0 Å². The molecule has 0 saturated heterocycles. The largest absolute Gasteiger partial charge is 0.497 e. The molecule has 7 heteroatoms. The Labute approximate surface area is 207 Å². The second kappa shape index (κ2) is 8.82. The van der Waals surface area contributed by atoms with Crippen LogP contribution in [0.4, 0.5) is 0 Å². The highest BCUT2D eigenvalue weighted by atomic mass is 32.1. The molecule has 178 valence electrons. The van der Waals surface area contributed by atoms with Crippen molar-refractivity contribution < 1.29 is 14.3 Å². The van der Waals surface area contributed by atoms with E-state index in [1.54, 1.807) is 43.1 Å². The summed E-state index contributed by atoms with van der Waals surface area (Å²) in [6, 6.07) is 16.9. The van der Waals surface area contributed by atoms with Crippen molar-refractivity contribution in [2.24, 2.45) is 5.41 Å². The molecule has 0 saturated carbocycles. The van der Waals surface area contributed by atoms with Gasteiger partial charge in [-0.05, 0) is 30.0 Å². The van der Waals surface area contributed by atoms with Crippen LogP contribution >= 0.6 is 11.3 Å². The summed E-state index contributed by atoms with van der Waals surface area (Å²) in [5.74, 6) is 1.13. The number of pyridine rings is 1. The SMILES string of the molecule is COc1ccc(OC)c(-n2c3c(cc(-c4nc(-c5ccccc5)cs4)c2=O)C(=O)CC(C)(C)C3)c1. The van der Waals surface area contributed by atoms with Gasteiger partial charge in [0, 0.05) is 34.7 Å². The first-order chi connectivity index (χ1) is 16.8. The normalized spacial score (nSPS) is 14.5. The van der Waals surface area contributed by atoms with Crippen LogP contribution in [0.2, 0.25) is 0 Å². The predicted molar refractivity (Wildman–Crippen MR) is 138 cm³/mol. The maximum Gasteiger partial charge on any atom is 0.265 e. The van der Waals surface area contributed by atoms with Crippen molar-refractivity contribution in [3.05, 3.63) is 81.6 Å². The number of nitrogens with zero attached hydrogens (tertiary/aromatic N) is 2. The Morgan fingerprint density at radius 3 is 2.43 bits per heavy atom. The number of methoxy groups -OCH3 is 2. The maximum absolute atomic E-state index is 14.1. The number of benzene rings is 2. The van der Waals surface area contributed by atoms with Crippen molar-refractivity contribution in [1.82, 2.24) is 9.55 Å². The lowest BCUT2D eigenvalue weighted by Gasteiger charge is -2.32. The Bertz CT molecular complexity index is 1480. The van der Waals surface area contributed by atoms with Crippen molar-refractivity contribution in [3.8, 4) is 39.0 Å². The maximum atomic E-state index is 14.1. The van der Waals surface area contributed by atoms with Gasteiger partial charge in [0.1, 0.15) is 16.5 Å². The highest BCUT2D eigenvalue weighted by Crippen LogP contribution is 2.39. The molecular formula is C28H26N2O4S. The molecule has 2 aromatic carbocycles. The Hall–Kier alpha value is -3.71. The van der Waals surface area contributed by atoms with Crippen LogP contribution in [0.25, 0.3) is 27.5 Å². The third-order valence-electron chi connectivity index (χ3n) is 6.32. The summed E-state index contributed by atoms with van der Waals surface area (Å²) in [6.07, 6.45) is 0.997. The molecule has 4 aromatic rings. The van der Waals surface area contributed by atoms with Crippen molar-refractivity contribution in [3.63, 3.8) is 0 Å². The Morgan fingerprint density at radius 2 is 1.71 bits per heavy atom. The molecule has 1 aliphatic carbocycles. The lowest BCUT2D eigenvalue weighted by atomic mass is 9.75.